The van der Waals surface area contributed by atoms with Crippen LogP contribution in [-0.4, -0.2) is 55.0 Å². The first kappa shape index (κ1) is 15.7. The third-order valence-corrected chi connectivity index (χ3v) is 4.74. The molecule has 2 aliphatic rings. The van der Waals surface area contributed by atoms with Crippen molar-refractivity contribution >= 4 is 5.69 Å². The zero-order valence-electron chi connectivity index (χ0n) is 13.2. The molecule has 2 atom stereocenters. The number of aliphatic hydroxyl groups excluding tert-OH is 1. The van der Waals surface area contributed by atoms with Gasteiger partial charge in [0.15, 0.2) is 0 Å². The topological polar surface area (TPSA) is 35.9 Å². The van der Waals surface area contributed by atoms with Gasteiger partial charge in [-0.15, -0.1) is 0 Å². The molecule has 0 radical (unpaired) electrons. The first-order chi connectivity index (χ1) is 10.7. The lowest BCUT2D eigenvalue weighted by molar-refractivity contribution is -0.0807. The van der Waals surface area contributed by atoms with Gasteiger partial charge in [0, 0.05) is 43.5 Å². The van der Waals surface area contributed by atoms with Crippen LogP contribution >= 0.6 is 0 Å². The van der Waals surface area contributed by atoms with Crippen molar-refractivity contribution < 1.29 is 14.2 Å². The summed E-state index contributed by atoms with van der Waals surface area (Å²) in [6.45, 7) is 5.91. The first-order valence-electron chi connectivity index (χ1n) is 8.18. The summed E-state index contributed by atoms with van der Waals surface area (Å²) in [6, 6.07) is 5.60. The number of halogens is 1. The second-order valence-electron chi connectivity index (χ2n) is 6.35. The van der Waals surface area contributed by atoms with E-state index in [0.717, 1.165) is 24.3 Å². The normalized spacial score (nSPS) is 26.6. The van der Waals surface area contributed by atoms with Crippen molar-refractivity contribution in [3.8, 4) is 0 Å². The van der Waals surface area contributed by atoms with Gasteiger partial charge < -0.3 is 14.7 Å². The highest BCUT2D eigenvalue weighted by Gasteiger charge is 2.28. The van der Waals surface area contributed by atoms with Gasteiger partial charge in [-0.3, -0.25) is 4.90 Å². The Bertz CT molecular complexity index is 505. The van der Waals surface area contributed by atoms with Gasteiger partial charge in [-0.2, -0.15) is 0 Å². The summed E-state index contributed by atoms with van der Waals surface area (Å²) < 4.78 is 20.0. The molecular weight excluding hydrogens is 283 g/mol. The van der Waals surface area contributed by atoms with E-state index in [-0.39, 0.29) is 24.6 Å². The molecular formula is C17H25FN2O2. The Labute approximate surface area is 131 Å². The fourth-order valence-electron chi connectivity index (χ4n) is 3.37. The lowest BCUT2D eigenvalue weighted by atomic mass is 10.1. The second kappa shape index (κ2) is 6.94. The molecule has 2 heterocycles. The Hall–Kier alpha value is -1.17. The minimum atomic E-state index is -0.168. The summed E-state index contributed by atoms with van der Waals surface area (Å²) in [6.07, 6.45) is 2.19. The number of morpholine rings is 1. The Kier molecular flexibility index (Phi) is 4.96. The minimum Gasteiger partial charge on any atom is -0.394 e. The van der Waals surface area contributed by atoms with Crippen LogP contribution in [0.3, 0.4) is 0 Å². The molecule has 0 spiro atoms. The van der Waals surface area contributed by atoms with Crippen LogP contribution < -0.4 is 4.90 Å². The van der Waals surface area contributed by atoms with Gasteiger partial charge in [0.1, 0.15) is 5.82 Å². The summed E-state index contributed by atoms with van der Waals surface area (Å²) in [5.74, 6) is -0.136. The molecule has 0 unspecified atom stereocenters. The van der Waals surface area contributed by atoms with E-state index < -0.39 is 0 Å². The van der Waals surface area contributed by atoms with Crippen molar-refractivity contribution in [1.82, 2.24) is 4.90 Å². The molecule has 122 valence electrons. The Morgan fingerprint density at radius 2 is 2.09 bits per heavy atom. The number of aliphatic hydroxyl groups is 1. The minimum absolute atomic E-state index is 0.0134. The maximum atomic E-state index is 14.4. The van der Waals surface area contributed by atoms with Crippen molar-refractivity contribution in [2.45, 2.75) is 38.5 Å². The lowest BCUT2D eigenvalue weighted by Crippen LogP contribution is -2.49. The SMILES string of the molecule is C[C@H]1CO[C@H](CO)CN1Cc1c(F)cccc1N1CCCC1. The molecule has 0 aliphatic carbocycles. The van der Waals surface area contributed by atoms with E-state index in [4.69, 9.17) is 4.74 Å². The molecule has 0 aromatic heterocycles. The Morgan fingerprint density at radius 1 is 1.32 bits per heavy atom. The average Bonchev–Trinajstić information content (AvgIpc) is 3.05. The van der Waals surface area contributed by atoms with Crippen molar-refractivity contribution in [2.75, 3.05) is 37.7 Å². The zero-order chi connectivity index (χ0) is 15.5. The molecule has 0 bridgehead atoms. The highest BCUT2D eigenvalue weighted by atomic mass is 19.1. The van der Waals surface area contributed by atoms with E-state index in [1.54, 1.807) is 12.1 Å². The molecule has 1 N–H and O–H groups in total. The molecule has 5 heteroatoms. The predicted octanol–water partition coefficient (Wildman–Crippen LogP) is 2.01. The van der Waals surface area contributed by atoms with Crippen LogP contribution in [0.2, 0.25) is 0 Å². The highest BCUT2D eigenvalue weighted by molar-refractivity contribution is 5.54. The van der Waals surface area contributed by atoms with E-state index in [0.29, 0.717) is 19.7 Å². The van der Waals surface area contributed by atoms with Crippen LogP contribution in [0.1, 0.15) is 25.3 Å². The fraction of sp³-hybridized carbons (Fsp3) is 0.647. The smallest absolute Gasteiger partial charge is 0.129 e. The molecule has 4 nitrogen and oxygen atoms in total. The van der Waals surface area contributed by atoms with Crippen molar-refractivity contribution in [3.63, 3.8) is 0 Å². The number of ether oxygens (including phenoxy) is 1. The molecule has 1 aromatic carbocycles. The lowest BCUT2D eigenvalue weighted by Gasteiger charge is -2.38. The quantitative estimate of drug-likeness (QED) is 0.923. The van der Waals surface area contributed by atoms with Crippen LogP contribution in [0.4, 0.5) is 10.1 Å². The Balaban J connectivity index is 1.81. The van der Waals surface area contributed by atoms with Crippen LogP contribution in [0.5, 0.6) is 0 Å². The van der Waals surface area contributed by atoms with E-state index in [1.807, 2.05) is 6.07 Å². The zero-order valence-corrected chi connectivity index (χ0v) is 13.2. The van der Waals surface area contributed by atoms with Crippen molar-refractivity contribution in [1.29, 1.82) is 0 Å². The molecule has 0 amide bonds. The standard InChI is InChI=1S/C17H25FN2O2/c1-13-12-22-14(11-21)9-20(13)10-15-16(18)5-4-6-17(15)19-7-2-3-8-19/h4-6,13-14,21H,2-3,7-12H2,1H3/t13-,14-/m0/s1. The van der Waals surface area contributed by atoms with Gasteiger partial charge in [-0.05, 0) is 31.9 Å². The summed E-state index contributed by atoms with van der Waals surface area (Å²) in [5.41, 5.74) is 1.80. The average molecular weight is 308 g/mol. The maximum Gasteiger partial charge on any atom is 0.129 e. The fourth-order valence-corrected chi connectivity index (χ4v) is 3.37. The van der Waals surface area contributed by atoms with E-state index >= 15 is 0 Å². The molecule has 2 fully saturated rings. The molecule has 2 aliphatic heterocycles. The number of hydrogen-bond acceptors (Lipinski definition) is 4. The van der Waals surface area contributed by atoms with Crippen molar-refractivity contribution in [3.05, 3.63) is 29.6 Å². The van der Waals surface area contributed by atoms with Gasteiger partial charge in [-0.25, -0.2) is 4.39 Å². The monoisotopic (exact) mass is 308 g/mol. The third-order valence-electron chi connectivity index (χ3n) is 4.74. The summed E-state index contributed by atoms with van der Waals surface area (Å²) in [5, 5.41) is 9.31. The molecule has 0 saturated carbocycles. The summed E-state index contributed by atoms with van der Waals surface area (Å²) in [7, 11) is 0. The number of nitrogens with zero attached hydrogens (tertiary/aromatic N) is 2. The van der Waals surface area contributed by atoms with E-state index in [1.165, 1.54) is 12.8 Å². The molecule has 22 heavy (non-hydrogen) atoms. The van der Waals surface area contributed by atoms with E-state index in [9.17, 15) is 9.50 Å². The summed E-state index contributed by atoms with van der Waals surface area (Å²) >= 11 is 0. The van der Waals surface area contributed by atoms with Gasteiger partial charge in [-0.1, -0.05) is 6.07 Å². The van der Waals surface area contributed by atoms with Crippen LogP contribution in [-0.2, 0) is 11.3 Å². The highest BCUT2D eigenvalue weighted by Crippen LogP contribution is 2.29. The number of benzene rings is 1. The van der Waals surface area contributed by atoms with Crippen LogP contribution in [0.25, 0.3) is 0 Å². The number of hydrogen-bond donors (Lipinski definition) is 1. The molecule has 2 saturated heterocycles. The number of anilines is 1. The summed E-state index contributed by atoms with van der Waals surface area (Å²) in [4.78, 5) is 4.50. The van der Waals surface area contributed by atoms with Gasteiger partial charge in [0.2, 0.25) is 0 Å². The largest absolute Gasteiger partial charge is 0.394 e. The number of rotatable bonds is 4. The first-order valence-corrected chi connectivity index (χ1v) is 8.18. The molecule has 3 rings (SSSR count). The van der Waals surface area contributed by atoms with Gasteiger partial charge >= 0.3 is 0 Å². The van der Waals surface area contributed by atoms with Gasteiger partial charge in [0.25, 0.3) is 0 Å². The van der Waals surface area contributed by atoms with E-state index in [2.05, 4.69) is 16.7 Å². The van der Waals surface area contributed by atoms with Crippen LogP contribution in [0, 0.1) is 5.82 Å². The second-order valence-corrected chi connectivity index (χ2v) is 6.35. The predicted molar refractivity (Wildman–Crippen MR) is 84.5 cm³/mol. The van der Waals surface area contributed by atoms with Gasteiger partial charge in [0.05, 0.1) is 19.3 Å². The maximum absolute atomic E-state index is 14.4. The van der Waals surface area contributed by atoms with Crippen molar-refractivity contribution in [2.24, 2.45) is 0 Å². The Morgan fingerprint density at radius 3 is 2.82 bits per heavy atom. The van der Waals surface area contributed by atoms with Crippen LogP contribution in [0.15, 0.2) is 18.2 Å². The molecule has 1 aromatic rings. The third kappa shape index (κ3) is 3.26.